The second-order valence-electron chi connectivity index (χ2n) is 7.39. The number of piperazine rings is 1. The van der Waals surface area contributed by atoms with Crippen LogP contribution >= 0.6 is 0 Å². The molecule has 1 aliphatic rings. The van der Waals surface area contributed by atoms with E-state index in [0.717, 1.165) is 17.7 Å². The molecule has 1 aliphatic heterocycles. The molecular formula is C23H25N3O2S. The third kappa shape index (κ3) is 4.46. The van der Waals surface area contributed by atoms with Gasteiger partial charge in [0.15, 0.2) is 15.3 Å². The first kappa shape index (κ1) is 19.9. The van der Waals surface area contributed by atoms with Crippen LogP contribution in [0.5, 0.6) is 0 Å². The van der Waals surface area contributed by atoms with Crippen LogP contribution in [-0.2, 0) is 21.2 Å². The van der Waals surface area contributed by atoms with Crippen molar-refractivity contribution in [3.05, 3.63) is 84.2 Å². The summed E-state index contributed by atoms with van der Waals surface area (Å²) in [5.41, 5.74) is 4.57. The minimum atomic E-state index is -3.43. The summed E-state index contributed by atoms with van der Waals surface area (Å²) in [6.45, 7) is 5.19. The quantitative estimate of drug-likeness (QED) is 0.604. The molecule has 0 aliphatic carbocycles. The number of aryl methyl sites for hydroxylation is 1. The van der Waals surface area contributed by atoms with E-state index in [9.17, 15) is 8.76 Å². The van der Waals surface area contributed by atoms with E-state index >= 15 is 0 Å². The SMILES string of the molecule is Cc1ccc([S+](=O)([O-])N2CCN(Cc3ccccc3-c3cccnc3)CC2)cc1. The normalized spacial score (nSPS) is 17.7. The minimum absolute atomic E-state index is 0.374. The van der Waals surface area contributed by atoms with Crippen molar-refractivity contribution >= 4 is 10.4 Å². The van der Waals surface area contributed by atoms with Crippen molar-refractivity contribution in [1.29, 1.82) is 0 Å². The van der Waals surface area contributed by atoms with Gasteiger partial charge in [-0.2, -0.15) is 0 Å². The van der Waals surface area contributed by atoms with Gasteiger partial charge in [0.1, 0.15) is 0 Å². The van der Waals surface area contributed by atoms with Gasteiger partial charge in [0.25, 0.3) is 0 Å². The fourth-order valence-corrected chi connectivity index (χ4v) is 5.11. The molecule has 2 heterocycles. The third-order valence-electron chi connectivity index (χ3n) is 5.37. The summed E-state index contributed by atoms with van der Waals surface area (Å²) >= 11 is 0. The van der Waals surface area contributed by atoms with Crippen LogP contribution in [0.4, 0.5) is 0 Å². The zero-order valence-corrected chi connectivity index (χ0v) is 17.3. The standard InChI is InChI=1S/C23H25N3O2S/c1-19-8-10-22(11-9-19)29(27,28)26-15-13-25(14-16-26)18-21-5-2-3-7-23(21)20-6-4-12-24-17-20/h2-12,17H,13-16,18H2,1H3. The Morgan fingerprint density at radius 1 is 0.966 bits per heavy atom. The maximum Gasteiger partial charge on any atom is 0.175 e. The summed E-state index contributed by atoms with van der Waals surface area (Å²) in [7, 11) is -3.43. The van der Waals surface area contributed by atoms with E-state index in [1.165, 1.54) is 11.1 Å². The lowest BCUT2D eigenvalue weighted by molar-refractivity contribution is 0.174. The Kier molecular flexibility index (Phi) is 5.87. The van der Waals surface area contributed by atoms with Gasteiger partial charge in [-0.1, -0.05) is 52.2 Å². The fourth-order valence-electron chi connectivity index (χ4n) is 3.69. The second-order valence-corrected chi connectivity index (χ2v) is 9.33. The van der Waals surface area contributed by atoms with Gasteiger partial charge >= 0.3 is 0 Å². The molecule has 2 aromatic carbocycles. The smallest absolute Gasteiger partial charge is 0.175 e. The molecule has 1 fully saturated rings. The average Bonchev–Trinajstić information content (AvgIpc) is 2.75. The molecule has 1 aromatic heterocycles. The highest BCUT2D eigenvalue weighted by Crippen LogP contribution is 2.26. The number of nitrogens with zero attached hydrogens (tertiary/aromatic N) is 3. The summed E-state index contributed by atoms with van der Waals surface area (Å²) in [5.74, 6) is 0. The van der Waals surface area contributed by atoms with Crippen LogP contribution < -0.4 is 0 Å². The summed E-state index contributed by atoms with van der Waals surface area (Å²) in [4.78, 5) is 6.92. The van der Waals surface area contributed by atoms with Crippen molar-refractivity contribution in [3.8, 4) is 11.1 Å². The van der Waals surface area contributed by atoms with Crippen molar-refractivity contribution in [2.24, 2.45) is 0 Å². The molecule has 5 nitrogen and oxygen atoms in total. The predicted octanol–water partition coefficient (Wildman–Crippen LogP) is 3.78. The van der Waals surface area contributed by atoms with Gasteiger partial charge < -0.3 is 4.55 Å². The molecule has 1 unspecified atom stereocenters. The van der Waals surface area contributed by atoms with E-state index in [0.29, 0.717) is 31.1 Å². The van der Waals surface area contributed by atoms with Crippen molar-refractivity contribution in [2.75, 3.05) is 26.2 Å². The summed E-state index contributed by atoms with van der Waals surface area (Å²) in [5, 5.41) is 0. The van der Waals surface area contributed by atoms with Crippen LogP contribution in [0.1, 0.15) is 11.1 Å². The first-order valence-corrected chi connectivity index (χ1v) is 11.3. The van der Waals surface area contributed by atoms with Gasteiger partial charge in [0, 0.05) is 37.6 Å². The number of hydrogen-bond acceptors (Lipinski definition) is 4. The van der Waals surface area contributed by atoms with Crippen LogP contribution in [0.15, 0.2) is 78.0 Å². The van der Waals surface area contributed by atoms with E-state index < -0.39 is 10.4 Å². The molecule has 0 amide bonds. The lowest BCUT2D eigenvalue weighted by atomic mass is 10.0. The zero-order valence-electron chi connectivity index (χ0n) is 16.5. The molecule has 150 valence electrons. The van der Waals surface area contributed by atoms with Gasteiger partial charge in [-0.25, -0.2) is 0 Å². The molecule has 0 N–H and O–H groups in total. The molecule has 0 saturated carbocycles. The first-order chi connectivity index (χ1) is 14.0. The Morgan fingerprint density at radius 2 is 1.69 bits per heavy atom. The highest BCUT2D eigenvalue weighted by atomic mass is 32.3. The molecule has 3 aromatic rings. The lowest BCUT2D eigenvalue weighted by Gasteiger charge is -2.36. The highest BCUT2D eigenvalue weighted by Gasteiger charge is 2.33. The molecule has 29 heavy (non-hydrogen) atoms. The molecule has 4 rings (SSSR count). The van der Waals surface area contributed by atoms with Crippen molar-refractivity contribution in [2.45, 2.75) is 18.4 Å². The number of benzene rings is 2. The van der Waals surface area contributed by atoms with Gasteiger partial charge in [-0.3, -0.25) is 9.88 Å². The number of sulfonamides is 1. The largest absolute Gasteiger partial charge is 0.593 e. The van der Waals surface area contributed by atoms with Gasteiger partial charge in [0.05, 0.1) is 13.1 Å². The van der Waals surface area contributed by atoms with E-state index in [-0.39, 0.29) is 0 Å². The molecule has 6 heteroatoms. The Balaban J connectivity index is 1.44. The predicted molar refractivity (Wildman–Crippen MR) is 115 cm³/mol. The Bertz CT molecular complexity index is 1000. The maximum atomic E-state index is 12.9. The van der Waals surface area contributed by atoms with Crippen LogP contribution in [0, 0.1) is 6.92 Å². The molecular weight excluding hydrogens is 382 g/mol. The molecule has 0 spiro atoms. The summed E-state index contributed by atoms with van der Waals surface area (Å²) in [6.07, 6.45) is 3.66. The molecule has 0 radical (unpaired) electrons. The molecule has 1 atom stereocenters. The number of hydrogen-bond donors (Lipinski definition) is 0. The number of rotatable bonds is 5. The monoisotopic (exact) mass is 407 g/mol. The maximum absolute atomic E-state index is 12.9. The third-order valence-corrected chi connectivity index (χ3v) is 7.29. The van der Waals surface area contributed by atoms with Gasteiger partial charge in [0.2, 0.25) is 0 Å². The van der Waals surface area contributed by atoms with E-state index in [1.54, 1.807) is 22.6 Å². The average molecular weight is 408 g/mol. The topological polar surface area (TPSA) is 59.5 Å². The Hall–Kier alpha value is -2.38. The van der Waals surface area contributed by atoms with Gasteiger partial charge in [-0.05, 0) is 36.2 Å². The minimum Gasteiger partial charge on any atom is -0.593 e. The van der Waals surface area contributed by atoms with E-state index in [1.807, 2.05) is 43.5 Å². The summed E-state index contributed by atoms with van der Waals surface area (Å²) in [6, 6.07) is 19.4. The van der Waals surface area contributed by atoms with Gasteiger partial charge in [-0.15, -0.1) is 4.31 Å². The molecule has 0 bridgehead atoms. The zero-order chi connectivity index (χ0) is 20.3. The highest BCUT2D eigenvalue weighted by molar-refractivity contribution is 7.95. The van der Waals surface area contributed by atoms with Crippen LogP contribution in [0.2, 0.25) is 0 Å². The summed E-state index contributed by atoms with van der Waals surface area (Å²) < 4.78 is 27.4. The van der Waals surface area contributed by atoms with E-state index in [4.69, 9.17) is 0 Å². The van der Waals surface area contributed by atoms with Crippen LogP contribution in [0.3, 0.4) is 0 Å². The van der Waals surface area contributed by atoms with Crippen molar-refractivity contribution in [3.63, 3.8) is 0 Å². The van der Waals surface area contributed by atoms with Crippen molar-refractivity contribution < 1.29 is 8.76 Å². The number of pyridine rings is 1. The van der Waals surface area contributed by atoms with E-state index in [2.05, 4.69) is 28.1 Å². The number of aromatic nitrogens is 1. The fraction of sp³-hybridized carbons (Fsp3) is 0.261. The van der Waals surface area contributed by atoms with Crippen molar-refractivity contribution in [1.82, 2.24) is 14.2 Å². The second kappa shape index (κ2) is 8.55. The van der Waals surface area contributed by atoms with Crippen LogP contribution in [-0.4, -0.2) is 44.9 Å². The Labute approximate surface area is 173 Å². The first-order valence-electron chi connectivity index (χ1n) is 9.81. The molecule has 1 saturated heterocycles. The lowest BCUT2D eigenvalue weighted by Crippen LogP contribution is -2.50. The van der Waals surface area contributed by atoms with Crippen LogP contribution in [0.25, 0.3) is 11.1 Å². The Morgan fingerprint density at radius 3 is 2.38 bits per heavy atom.